The average Bonchev–Trinajstić information content (AvgIpc) is 2.60. The maximum Gasteiger partial charge on any atom is 0.335 e. The summed E-state index contributed by atoms with van der Waals surface area (Å²) in [5, 5.41) is 9.15. The second kappa shape index (κ2) is 4.98. The molecule has 0 atom stereocenters. The van der Waals surface area contributed by atoms with Gasteiger partial charge in [-0.2, -0.15) is 0 Å². The molecule has 1 aromatic carbocycles. The van der Waals surface area contributed by atoms with Crippen molar-refractivity contribution in [2.24, 2.45) is 4.99 Å². The van der Waals surface area contributed by atoms with Crippen molar-refractivity contribution in [2.45, 2.75) is 46.2 Å². The van der Waals surface area contributed by atoms with Gasteiger partial charge in [-0.05, 0) is 52.3 Å². The van der Waals surface area contributed by atoms with E-state index in [0.717, 1.165) is 5.56 Å². The summed E-state index contributed by atoms with van der Waals surface area (Å²) in [6.07, 6.45) is 0. The lowest BCUT2D eigenvalue weighted by atomic mass is 10.0. The molecule has 0 fully saturated rings. The first-order chi connectivity index (χ1) is 9.65. The molecule has 0 aromatic heterocycles. The van der Waals surface area contributed by atoms with Crippen molar-refractivity contribution in [3.8, 4) is 0 Å². The molecule has 1 aliphatic heterocycles. The zero-order valence-corrected chi connectivity index (χ0v) is 13.0. The van der Waals surface area contributed by atoms with Crippen LogP contribution < -0.4 is 0 Å². The zero-order valence-electron chi connectivity index (χ0n) is 13.0. The van der Waals surface area contributed by atoms with Gasteiger partial charge in [-0.3, -0.25) is 14.7 Å². The maximum atomic E-state index is 12.5. The summed E-state index contributed by atoms with van der Waals surface area (Å²) in [4.78, 5) is 29.8. The van der Waals surface area contributed by atoms with Crippen LogP contribution in [0.15, 0.2) is 23.2 Å². The number of carboxylic acid groups (broad SMARTS) is 1. The highest BCUT2D eigenvalue weighted by Crippen LogP contribution is 2.28. The predicted molar refractivity (Wildman–Crippen MR) is 80.7 cm³/mol. The van der Waals surface area contributed by atoms with Gasteiger partial charge in [0.15, 0.2) is 0 Å². The van der Waals surface area contributed by atoms with Gasteiger partial charge in [-0.15, -0.1) is 0 Å². The van der Waals surface area contributed by atoms with Crippen LogP contribution in [0, 0.1) is 6.92 Å². The molecule has 21 heavy (non-hydrogen) atoms. The zero-order chi connectivity index (χ0) is 15.9. The molecule has 0 radical (unpaired) electrons. The number of amides is 1. The van der Waals surface area contributed by atoms with E-state index in [9.17, 15) is 9.59 Å². The number of aromatic carboxylic acids is 1. The van der Waals surface area contributed by atoms with Gasteiger partial charge in [-0.1, -0.05) is 6.07 Å². The Kier molecular flexibility index (Phi) is 3.61. The van der Waals surface area contributed by atoms with E-state index in [-0.39, 0.29) is 17.5 Å². The molecule has 0 bridgehead atoms. The van der Waals surface area contributed by atoms with Crippen LogP contribution in [0.5, 0.6) is 0 Å². The van der Waals surface area contributed by atoms with Gasteiger partial charge in [0.25, 0.3) is 5.91 Å². The summed E-state index contributed by atoms with van der Waals surface area (Å²) in [6, 6.07) is 4.85. The van der Waals surface area contributed by atoms with Crippen LogP contribution >= 0.6 is 0 Å². The van der Waals surface area contributed by atoms with E-state index in [1.54, 1.807) is 36.9 Å². The Morgan fingerprint density at radius 2 is 1.95 bits per heavy atom. The molecule has 0 unspecified atom stereocenters. The Hall–Kier alpha value is -2.17. The number of hydrogen-bond donors (Lipinski definition) is 1. The van der Waals surface area contributed by atoms with Gasteiger partial charge >= 0.3 is 5.97 Å². The average molecular weight is 288 g/mol. The van der Waals surface area contributed by atoms with E-state index in [1.165, 1.54) is 0 Å². The first-order valence-electron chi connectivity index (χ1n) is 6.93. The minimum atomic E-state index is -0.989. The summed E-state index contributed by atoms with van der Waals surface area (Å²) in [5.74, 6) is -0.496. The second-order valence-electron chi connectivity index (χ2n) is 6.10. The Balaban J connectivity index is 2.61. The minimum absolute atomic E-state index is 0.0362. The van der Waals surface area contributed by atoms with Gasteiger partial charge in [-0.25, -0.2) is 4.79 Å². The minimum Gasteiger partial charge on any atom is -0.478 e. The SMILES string of the molecule is Cc1ccc(C(=O)O)cc1C1=NC(C)(C)C(=O)N1C(C)C. The summed E-state index contributed by atoms with van der Waals surface area (Å²) < 4.78 is 0. The lowest BCUT2D eigenvalue weighted by Gasteiger charge is -2.25. The number of nitrogens with zero attached hydrogens (tertiary/aromatic N) is 2. The van der Waals surface area contributed by atoms with Crippen LogP contribution in [-0.4, -0.2) is 39.3 Å². The van der Waals surface area contributed by atoms with Crippen molar-refractivity contribution < 1.29 is 14.7 Å². The van der Waals surface area contributed by atoms with Gasteiger partial charge in [0, 0.05) is 11.6 Å². The molecule has 5 heteroatoms. The standard InChI is InChI=1S/C16H20N2O3/c1-9(2)18-13(17-16(4,5)15(18)21)12-8-11(14(19)20)7-6-10(12)3/h6-9H,1-5H3,(H,19,20). The Labute approximate surface area is 124 Å². The van der Waals surface area contributed by atoms with E-state index >= 15 is 0 Å². The summed E-state index contributed by atoms with van der Waals surface area (Å²) in [5.41, 5.74) is 0.974. The van der Waals surface area contributed by atoms with Crippen molar-refractivity contribution in [1.29, 1.82) is 0 Å². The van der Waals surface area contributed by atoms with Crippen LogP contribution in [0.25, 0.3) is 0 Å². The van der Waals surface area contributed by atoms with Crippen molar-refractivity contribution in [1.82, 2.24) is 4.90 Å². The molecule has 0 spiro atoms. The van der Waals surface area contributed by atoms with E-state index in [2.05, 4.69) is 4.99 Å². The molecule has 2 rings (SSSR count). The van der Waals surface area contributed by atoms with Crippen LogP contribution in [0.4, 0.5) is 0 Å². The second-order valence-corrected chi connectivity index (χ2v) is 6.10. The predicted octanol–water partition coefficient (Wildman–Crippen LogP) is 2.47. The molecule has 1 aromatic rings. The smallest absolute Gasteiger partial charge is 0.335 e. The Morgan fingerprint density at radius 3 is 2.48 bits per heavy atom. The first-order valence-corrected chi connectivity index (χ1v) is 6.93. The third-order valence-electron chi connectivity index (χ3n) is 3.60. The van der Waals surface area contributed by atoms with Gasteiger partial charge in [0.2, 0.25) is 0 Å². The lowest BCUT2D eigenvalue weighted by molar-refractivity contribution is -0.131. The quantitative estimate of drug-likeness (QED) is 0.928. The largest absolute Gasteiger partial charge is 0.478 e. The fourth-order valence-electron chi connectivity index (χ4n) is 2.42. The molecule has 1 N–H and O–H groups in total. The first kappa shape index (κ1) is 15.2. The van der Waals surface area contributed by atoms with Crippen molar-refractivity contribution in [2.75, 3.05) is 0 Å². The van der Waals surface area contributed by atoms with E-state index in [4.69, 9.17) is 5.11 Å². The highest BCUT2D eigenvalue weighted by molar-refractivity contribution is 6.16. The molecule has 5 nitrogen and oxygen atoms in total. The molecule has 1 aliphatic rings. The number of benzene rings is 1. The summed E-state index contributed by atoms with van der Waals surface area (Å²) in [7, 11) is 0. The van der Waals surface area contributed by atoms with E-state index in [1.807, 2.05) is 20.8 Å². The highest BCUT2D eigenvalue weighted by Gasteiger charge is 2.42. The van der Waals surface area contributed by atoms with Crippen LogP contribution in [0.3, 0.4) is 0 Å². The topological polar surface area (TPSA) is 70.0 Å². The normalized spacial score (nSPS) is 17.3. The monoisotopic (exact) mass is 288 g/mol. The molecule has 0 saturated heterocycles. The number of aliphatic imine (C=N–C) groups is 1. The van der Waals surface area contributed by atoms with Crippen molar-refractivity contribution >= 4 is 17.7 Å². The number of carbonyl (C=O) groups excluding carboxylic acids is 1. The van der Waals surface area contributed by atoms with Crippen molar-refractivity contribution in [3.63, 3.8) is 0 Å². The summed E-state index contributed by atoms with van der Waals surface area (Å²) in [6.45, 7) is 9.27. The highest BCUT2D eigenvalue weighted by atomic mass is 16.4. The molecule has 0 saturated carbocycles. The van der Waals surface area contributed by atoms with Crippen LogP contribution in [-0.2, 0) is 4.79 Å². The maximum absolute atomic E-state index is 12.5. The van der Waals surface area contributed by atoms with Gasteiger partial charge in [0.1, 0.15) is 11.4 Å². The number of hydrogen-bond acceptors (Lipinski definition) is 3. The van der Waals surface area contributed by atoms with E-state index < -0.39 is 11.5 Å². The van der Waals surface area contributed by atoms with Crippen LogP contribution in [0.1, 0.15) is 49.2 Å². The molecular weight excluding hydrogens is 268 g/mol. The fraction of sp³-hybridized carbons (Fsp3) is 0.438. The molecule has 1 amide bonds. The van der Waals surface area contributed by atoms with Gasteiger partial charge in [0.05, 0.1) is 5.56 Å². The van der Waals surface area contributed by atoms with E-state index in [0.29, 0.717) is 11.4 Å². The third-order valence-corrected chi connectivity index (χ3v) is 3.60. The fourth-order valence-corrected chi connectivity index (χ4v) is 2.42. The number of carboxylic acids is 1. The van der Waals surface area contributed by atoms with Gasteiger partial charge < -0.3 is 5.11 Å². The third kappa shape index (κ3) is 2.55. The number of amidine groups is 1. The number of aryl methyl sites for hydroxylation is 1. The summed E-state index contributed by atoms with van der Waals surface area (Å²) >= 11 is 0. The lowest BCUT2D eigenvalue weighted by Crippen LogP contribution is -2.43. The molecule has 1 heterocycles. The Morgan fingerprint density at radius 1 is 1.33 bits per heavy atom. The molecular formula is C16H20N2O3. The molecule has 0 aliphatic carbocycles. The van der Waals surface area contributed by atoms with Crippen molar-refractivity contribution in [3.05, 3.63) is 34.9 Å². The van der Waals surface area contributed by atoms with Crippen LogP contribution in [0.2, 0.25) is 0 Å². The number of rotatable bonds is 3. The Bertz CT molecular complexity index is 645. The number of carbonyl (C=O) groups is 2. The molecule has 112 valence electrons.